The summed E-state index contributed by atoms with van der Waals surface area (Å²) in [5.41, 5.74) is 11.3. The van der Waals surface area contributed by atoms with Crippen LogP contribution in [0.15, 0.2) is 115 Å². The van der Waals surface area contributed by atoms with Crippen LogP contribution in [-0.4, -0.2) is 64.9 Å². The second kappa shape index (κ2) is 13.5. The maximum Gasteiger partial charge on any atom is 0.247 e. The van der Waals surface area contributed by atoms with E-state index >= 15 is 0 Å². The van der Waals surface area contributed by atoms with Gasteiger partial charge in [0.25, 0.3) is 0 Å². The summed E-state index contributed by atoms with van der Waals surface area (Å²) in [5, 5.41) is 0.656. The average molecular weight is 605 g/mol. The van der Waals surface area contributed by atoms with Crippen molar-refractivity contribution < 1.29 is 9.59 Å². The Bertz CT molecular complexity index is 1570. The lowest BCUT2D eigenvalue weighted by Crippen LogP contribution is -2.49. The number of nitrogens with zero attached hydrogens (tertiary/aromatic N) is 3. The fraction of sp³-hybridized carbons (Fsp3) is 0.243. The molecule has 44 heavy (non-hydrogen) atoms. The van der Waals surface area contributed by atoms with Gasteiger partial charge < -0.3 is 15.5 Å². The summed E-state index contributed by atoms with van der Waals surface area (Å²) in [7, 11) is 0. The molecular weight excluding hydrogens is 568 g/mol. The van der Waals surface area contributed by atoms with Crippen LogP contribution in [0.5, 0.6) is 0 Å². The van der Waals surface area contributed by atoms with Crippen LogP contribution >= 0.6 is 11.6 Å². The van der Waals surface area contributed by atoms with Crippen molar-refractivity contribution in [3.05, 3.63) is 143 Å². The lowest BCUT2D eigenvalue weighted by atomic mass is 9.90. The Morgan fingerprint density at radius 1 is 0.886 bits per heavy atom. The Balaban J connectivity index is 1.26. The zero-order valence-electron chi connectivity index (χ0n) is 24.6. The number of carbonyl (C=O) groups is 2. The molecule has 0 bridgehead atoms. The molecule has 224 valence electrons. The Hall–Kier alpha value is -4.39. The molecule has 2 N–H and O–H groups in total. The van der Waals surface area contributed by atoms with Crippen molar-refractivity contribution in [3.8, 4) is 0 Å². The summed E-state index contributed by atoms with van der Waals surface area (Å²) >= 11 is 6.01. The van der Waals surface area contributed by atoms with Gasteiger partial charge in [0.2, 0.25) is 11.8 Å². The van der Waals surface area contributed by atoms with E-state index < -0.39 is 6.04 Å². The molecule has 0 spiro atoms. The molecule has 2 atom stereocenters. The molecule has 4 aromatic carbocycles. The van der Waals surface area contributed by atoms with Gasteiger partial charge in [-0.05, 0) is 59.4 Å². The van der Waals surface area contributed by atoms with Crippen LogP contribution in [0.25, 0.3) is 6.08 Å². The maximum absolute atomic E-state index is 14.5. The quantitative estimate of drug-likeness (QED) is 0.195. The van der Waals surface area contributed by atoms with Gasteiger partial charge in [-0.15, -0.1) is 0 Å². The first-order valence-corrected chi connectivity index (χ1v) is 15.5. The zero-order valence-corrected chi connectivity index (χ0v) is 25.4. The summed E-state index contributed by atoms with van der Waals surface area (Å²) in [6, 6.07) is 35.6. The summed E-state index contributed by atoms with van der Waals surface area (Å²) in [6.45, 7) is 2.18. The van der Waals surface area contributed by atoms with Gasteiger partial charge in [-0.1, -0.05) is 103 Å². The molecule has 2 fully saturated rings. The van der Waals surface area contributed by atoms with Crippen LogP contribution in [0.1, 0.15) is 34.6 Å². The molecule has 2 saturated heterocycles. The maximum atomic E-state index is 14.5. The summed E-state index contributed by atoms with van der Waals surface area (Å²) < 4.78 is 0. The van der Waals surface area contributed by atoms with Gasteiger partial charge in [0, 0.05) is 48.4 Å². The molecular formula is C37H37ClN4O2. The van der Waals surface area contributed by atoms with Crippen molar-refractivity contribution in [2.45, 2.75) is 30.8 Å². The van der Waals surface area contributed by atoms with Gasteiger partial charge in [0.1, 0.15) is 0 Å². The van der Waals surface area contributed by atoms with Gasteiger partial charge >= 0.3 is 0 Å². The number of hydrogen-bond donors (Lipinski definition) is 1. The summed E-state index contributed by atoms with van der Waals surface area (Å²) in [4.78, 5) is 34.0. The number of nitrogens with two attached hydrogens (primary N) is 1. The highest BCUT2D eigenvalue weighted by Crippen LogP contribution is 2.31. The molecule has 4 aromatic rings. The number of amides is 2. The molecule has 6 nitrogen and oxygen atoms in total. The molecule has 0 saturated carbocycles. The number of hydrogen-bond acceptors (Lipinski definition) is 4. The number of halogens is 1. The minimum Gasteiger partial charge on any atom is -0.399 e. The molecule has 2 amide bonds. The molecule has 0 aliphatic carbocycles. The number of fused-ring (bicyclic) bond motifs is 1. The smallest absolute Gasteiger partial charge is 0.247 e. The van der Waals surface area contributed by atoms with Gasteiger partial charge in [-0.2, -0.15) is 0 Å². The van der Waals surface area contributed by atoms with Crippen LogP contribution in [0.2, 0.25) is 5.02 Å². The average Bonchev–Trinajstić information content (AvgIpc) is 3.44. The number of carbonyl (C=O) groups excluding carboxylic acids is 2. The lowest BCUT2D eigenvalue weighted by molar-refractivity contribution is -0.136. The van der Waals surface area contributed by atoms with E-state index in [1.807, 2.05) is 76.5 Å². The fourth-order valence-electron chi connectivity index (χ4n) is 6.42. The van der Waals surface area contributed by atoms with E-state index in [1.165, 1.54) is 11.1 Å². The Morgan fingerprint density at radius 2 is 1.52 bits per heavy atom. The number of nitrogen functional groups attached to an aromatic ring is 1. The van der Waals surface area contributed by atoms with Gasteiger partial charge in [-0.25, -0.2) is 0 Å². The number of anilines is 1. The lowest BCUT2D eigenvalue weighted by Gasteiger charge is -2.32. The Kier molecular flexibility index (Phi) is 9.10. The normalized spacial score (nSPS) is 19.0. The molecule has 2 aliphatic heterocycles. The summed E-state index contributed by atoms with van der Waals surface area (Å²) in [6.07, 6.45) is 4.69. The first kappa shape index (κ1) is 29.7. The zero-order chi connectivity index (χ0) is 30.5. The van der Waals surface area contributed by atoms with Gasteiger partial charge in [-0.3, -0.25) is 14.5 Å². The predicted octanol–water partition coefficient (Wildman–Crippen LogP) is 6.08. The third kappa shape index (κ3) is 6.72. The van der Waals surface area contributed by atoms with Crippen LogP contribution in [0.3, 0.4) is 0 Å². The largest absolute Gasteiger partial charge is 0.399 e. The van der Waals surface area contributed by atoms with Crippen molar-refractivity contribution in [1.29, 1.82) is 0 Å². The molecule has 0 unspecified atom stereocenters. The minimum atomic E-state index is -0.433. The van der Waals surface area contributed by atoms with Gasteiger partial charge in [0.15, 0.2) is 0 Å². The number of para-hydroxylation sites is 1. The first-order valence-electron chi connectivity index (χ1n) is 15.2. The number of rotatable bonds is 8. The SMILES string of the molecule is Nc1ccccc1C[C@H]1C(=O)N(CC(c2ccccc2)c2ccccc2)CC[C@H]2CN(C(=O)C=Cc3ccc(Cl)cc3)CN21. The Morgan fingerprint density at radius 3 is 2.18 bits per heavy atom. The van der Waals surface area contributed by atoms with E-state index in [0.717, 1.165) is 17.5 Å². The van der Waals surface area contributed by atoms with E-state index in [0.29, 0.717) is 43.4 Å². The summed E-state index contributed by atoms with van der Waals surface area (Å²) in [5.74, 6) is 0.0648. The Labute approximate surface area is 264 Å². The highest BCUT2D eigenvalue weighted by molar-refractivity contribution is 6.30. The van der Waals surface area contributed by atoms with E-state index in [2.05, 4.69) is 53.4 Å². The molecule has 0 aromatic heterocycles. The van der Waals surface area contributed by atoms with Crippen LogP contribution in [-0.2, 0) is 16.0 Å². The van der Waals surface area contributed by atoms with Crippen LogP contribution < -0.4 is 5.73 Å². The second-order valence-corrected chi connectivity index (χ2v) is 12.1. The molecule has 7 heteroatoms. The standard InChI is InChI=1S/C37H37ClN4O2/c38-31-18-15-27(16-19-31)17-20-36(43)41-24-32-21-22-40(25-33(28-9-3-1-4-10-28)29-11-5-2-6-12-29)37(44)35(42(32)26-41)23-30-13-7-8-14-34(30)39/h1-20,32-33,35H,21-26,39H2/t32-,35-/m0/s1. The third-order valence-corrected chi connectivity index (χ3v) is 9.09. The van der Waals surface area contributed by atoms with Crippen molar-refractivity contribution in [1.82, 2.24) is 14.7 Å². The topological polar surface area (TPSA) is 69.9 Å². The monoisotopic (exact) mass is 604 g/mol. The predicted molar refractivity (Wildman–Crippen MR) is 177 cm³/mol. The van der Waals surface area contributed by atoms with Crippen molar-refractivity contribution in [2.24, 2.45) is 0 Å². The van der Waals surface area contributed by atoms with Crippen molar-refractivity contribution >= 4 is 35.2 Å². The van der Waals surface area contributed by atoms with Gasteiger partial charge in [0.05, 0.1) is 12.7 Å². The number of benzene rings is 4. The third-order valence-electron chi connectivity index (χ3n) is 8.84. The van der Waals surface area contributed by atoms with E-state index in [9.17, 15) is 9.59 Å². The molecule has 2 heterocycles. The van der Waals surface area contributed by atoms with E-state index in [-0.39, 0.29) is 23.8 Å². The highest BCUT2D eigenvalue weighted by atomic mass is 35.5. The highest BCUT2D eigenvalue weighted by Gasteiger charge is 2.44. The van der Waals surface area contributed by atoms with Crippen molar-refractivity contribution in [3.63, 3.8) is 0 Å². The molecule has 0 radical (unpaired) electrons. The molecule has 2 aliphatic rings. The van der Waals surface area contributed by atoms with Crippen LogP contribution in [0.4, 0.5) is 5.69 Å². The van der Waals surface area contributed by atoms with E-state index in [1.54, 1.807) is 6.08 Å². The minimum absolute atomic E-state index is 0.0489. The molecule has 6 rings (SSSR count). The van der Waals surface area contributed by atoms with E-state index in [4.69, 9.17) is 17.3 Å². The fourth-order valence-corrected chi connectivity index (χ4v) is 6.55. The first-order chi connectivity index (χ1) is 21.5. The van der Waals surface area contributed by atoms with Crippen molar-refractivity contribution in [2.75, 3.05) is 32.0 Å². The second-order valence-electron chi connectivity index (χ2n) is 11.6. The van der Waals surface area contributed by atoms with Crippen LogP contribution in [0, 0.1) is 0 Å².